The Bertz CT molecular complexity index is 677. The number of unbranched alkanes of at least 4 members (excludes halogenated alkanes) is 1. The molecule has 3 N–H and O–H groups in total. The van der Waals surface area contributed by atoms with Gasteiger partial charge in [-0.2, -0.15) is 4.90 Å². The monoisotopic (exact) mass is 414 g/mol. The number of carboxylic acids is 1. The molecule has 0 spiro atoms. The Hall–Kier alpha value is -2.32. The van der Waals surface area contributed by atoms with Crippen LogP contribution in [0.3, 0.4) is 0 Å². The fraction of sp³-hybridized carbons (Fsp3) is 0.526. The van der Waals surface area contributed by atoms with Crippen molar-refractivity contribution < 1.29 is 29.0 Å². The largest absolute Gasteiger partial charge is 0.479 e. The van der Waals surface area contributed by atoms with Gasteiger partial charge in [0.1, 0.15) is 12.2 Å². The van der Waals surface area contributed by atoms with Crippen LogP contribution in [0.1, 0.15) is 45.6 Å². The van der Waals surface area contributed by atoms with Gasteiger partial charge >= 0.3 is 18.2 Å². The average molecular weight is 415 g/mol. The van der Waals surface area contributed by atoms with Crippen molar-refractivity contribution in [2.45, 2.75) is 57.2 Å². The van der Waals surface area contributed by atoms with Crippen molar-refractivity contribution in [1.82, 2.24) is 4.90 Å². The van der Waals surface area contributed by atoms with E-state index in [-0.39, 0.29) is 19.4 Å². The van der Waals surface area contributed by atoms with E-state index in [2.05, 4.69) is 0 Å². The molecule has 28 heavy (non-hydrogen) atoms. The third-order valence-corrected chi connectivity index (χ3v) is 4.13. The van der Waals surface area contributed by atoms with Crippen molar-refractivity contribution in [3.05, 3.63) is 35.9 Å². The van der Waals surface area contributed by atoms with Crippen molar-refractivity contribution in [2.24, 2.45) is 5.73 Å². The van der Waals surface area contributed by atoms with Gasteiger partial charge < -0.3 is 20.3 Å². The molecule has 1 rings (SSSR count). The van der Waals surface area contributed by atoms with Gasteiger partial charge in [-0.15, -0.1) is 0 Å². The number of nitrogens with two attached hydrogens (primary N) is 1. The maximum Gasteiger partial charge on any atom is 0.421 e. The summed E-state index contributed by atoms with van der Waals surface area (Å²) in [5.41, 5.74) is 5.13. The van der Waals surface area contributed by atoms with Crippen LogP contribution in [0, 0.1) is 0 Å². The molecular formula is C19H27ClN2O6. The predicted octanol–water partition coefficient (Wildman–Crippen LogP) is 3.71. The second-order valence-electron chi connectivity index (χ2n) is 7.17. The van der Waals surface area contributed by atoms with Gasteiger partial charge in [0, 0.05) is 0 Å². The lowest BCUT2D eigenvalue weighted by molar-refractivity contribution is -0.145. The first-order chi connectivity index (χ1) is 13.0. The quantitative estimate of drug-likeness (QED) is 0.378. The Kier molecular flexibility index (Phi) is 8.71. The minimum atomic E-state index is -2.36. The van der Waals surface area contributed by atoms with E-state index in [0.717, 1.165) is 0 Å². The number of carbonyl (C=O) groups is 3. The number of amides is 2. The number of rotatable bonds is 8. The highest BCUT2D eigenvalue weighted by Gasteiger charge is 2.51. The van der Waals surface area contributed by atoms with E-state index in [1.54, 1.807) is 51.1 Å². The predicted molar refractivity (Wildman–Crippen MR) is 104 cm³/mol. The van der Waals surface area contributed by atoms with Crippen LogP contribution in [0.4, 0.5) is 9.59 Å². The molecule has 0 heterocycles. The van der Waals surface area contributed by atoms with Gasteiger partial charge in [0.15, 0.2) is 0 Å². The molecule has 0 radical (unpaired) electrons. The Morgan fingerprint density at radius 2 is 1.71 bits per heavy atom. The molecule has 1 aromatic carbocycles. The summed E-state index contributed by atoms with van der Waals surface area (Å²) < 4.78 is 10.3. The zero-order chi connectivity index (χ0) is 21.4. The zero-order valence-electron chi connectivity index (χ0n) is 16.3. The number of nitrogens with zero attached hydrogens (tertiary/aromatic N) is 1. The summed E-state index contributed by atoms with van der Waals surface area (Å²) >= 11 is 6.26. The van der Waals surface area contributed by atoms with Crippen LogP contribution in [0.25, 0.3) is 0 Å². The topological polar surface area (TPSA) is 119 Å². The smallest absolute Gasteiger partial charge is 0.421 e. The molecule has 8 nitrogen and oxygen atoms in total. The number of carbonyl (C=O) groups excluding carboxylic acids is 2. The van der Waals surface area contributed by atoms with E-state index < -0.39 is 28.8 Å². The lowest BCUT2D eigenvalue weighted by Gasteiger charge is -2.34. The van der Waals surface area contributed by atoms with Crippen LogP contribution in [0.5, 0.6) is 0 Å². The number of hydrogen-bond acceptors (Lipinski definition) is 6. The SMILES string of the molecule is CC(C)(C)OC(=O)N(C(=O)OCc1ccccc1)[C@@](Cl)(CCCCN)C(=O)O. The fourth-order valence-corrected chi connectivity index (χ4v) is 2.54. The van der Waals surface area contributed by atoms with E-state index in [1.807, 2.05) is 0 Å². The molecule has 0 aliphatic heterocycles. The molecular weight excluding hydrogens is 388 g/mol. The van der Waals surface area contributed by atoms with Gasteiger partial charge in [0.05, 0.1) is 0 Å². The van der Waals surface area contributed by atoms with E-state index in [0.29, 0.717) is 23.4 Å². The molecule has 0 aliphatic rings. The highest BCUT2D eigenvalue weighted by Crippen LogP contribution is 2.31. The van der Waals surface area contributed by atoms with Crippen LogP contribution < -0.4 is 5.73 Å². The van der Waals surface area contributed by atoms with Gasteiger partial charge in [-0.1, -0.05) is 41.9 Å². The molecule has 0 saturated heterocycles. The zero-order valence-corrected chi connectivity index (χ0v) is 17.1. The highest BCUT2D eigenvalue weighted by atomic mass is 35.5. The number of benzene rings is 1. The first-order valence-electron chi connectivity index (χ1n) is 8.87. The number of halogens is 1. The van der Waals surface area contributed by atoms with E-state index in [4.69, 9.17) is 26.8 Å². The molecule has 0 aliphatic carbocycles. The van der Waals surface area contributed by atoms with Crippen molar-refractivity contribution >= 4 is 29.8 Å². The molecule has 1 atom stereocenters. The third kappa shape index (κ3) is 7.01. The summed E-state index contributed by atoms with van der Waals surface area (Å²) in [6, 6.07) is 8.74. The minimum Gasteiger partial charge on any atom is -0.479 e. The summed E-state index contributed by atoms with van der Waals surface area (Å²) in [4.78, 5) is 35.1. The van der Waals surface area contributed by atoms with Crippen LogP contribution in [-0.2, 0) is 20.9 Å². The van der Waals surface area contributed by atoms with Crippen LogP contribution in [-0.4, -0.2) is 45.3 Å². The lowest BCUT2D eigenvalue weighted by Crippen LogP contribution is -2.57. The molecule has 1 aromatic rings. The van der Waals surface area contributed by atoms with Crippen LogP contribution in [0.2, 0.25) is 0 Å². The van der Waals surface area contributed by atoms with Gasteiger partial charge in [-0.05, 0) is 52.1 Å². The lowest BCUT2D eigenvalue weighted by atomic mass is 10.1. The Morgan fingerprint density at radius 1 is 1.11 bits per heavy atom. The summed E-state index contributed by atoms with van der Waals surface area (Å²) in [6.07, 6.45) is -1.85. The van der Waals surface area contributed by atoms with E-state index >= 15 is 0 Å². The molecule has 0 bridgehead atoms. The second-order valence-corrected chi connectivity index (χ2v) is 7.79. The summed E-state index contributed by atoms with van der Waals surface area (Å²) in [5, 5.41) is 9.66. The van der Waals surface area contributed by atoms with Crippen molar-refractivity contribution in [3.63, 3.8) is 0 Å². The number of hydrogen-bond donors (Lipinski definition) is 2. The van der Waals surface area contributed by atoms with Crippen molar-refractivity contribution in [3.8, 4) is 0 Å². The second kappa shape index (κ2) is 10.3. The third-order valence-electron chi connectivity index (χ3n) is 3.61. The highest BCUT2D eigenvalue weighted by molar-refractivity contribution is 6.35. The number of carboxylic acid groups (broad SMARTS) is 1. The molecule has 0 saturated carbocycles. The Labute approximate surface area is 169 Å². The van der Waals surface area contributed by atoms with Gasteiger partial charge in [-0.3, -0.25) is 0 Å². The molecule has 156 valence electrons. The maximum atomic E-state index is 12.7. The molecule has 0 fully saturated rings. The summed E-state index contributed by atoms with van der Waals surface area (Å²) in [6.45, 7) is 4.92. The summed E-state index contributed by atoms with van der Waals surface area (Å²) in [5.74, 6) is -1.56. The van der Waals surface area contributed by atoms with E-state index in [1.165, 1.54) is 0 Å². The first kappa shape index (κ1) is 23.7. The molecule has 2 amide bonds. The fourth-order valence-electron chi connectivity index (χ4n) is 2.27. The average Bonchev–Trinajstić information content (AvgIpc) is 2.59. The number of alkyl halides is 1. The Morgan fingerprint density at radius 3 is 2.21 bits per heavy atom. The normalized spacial score (nSPS) is 13.3. The Balaban J connectivity index is 3.12. The number of imide groups is 1. The number of ether oxygens (including phenoxy) is 2. The standard InChI is InChI=1S/C19H27ClN2O6/c1-18(2,3)28-17(26)22(19(20,15(23)24)11-7-8-12-21)16(25)27-13-14-9-5-4-6-10-14/h4-6,9-10H,7-8,11-13,21H2,1-3H3,(H,23,24)/t19-/m0/s1. The maximum absolute atomic E-state index is 12.7. The molecule has 0 unspecified atom stereocenters. The van der Waals surface area contributed by atoms with Crippen molar-refractivity contribution in [1.29, 1.82) is 0 Å². The van der Waals surface area contributed by atoms with Gasteiger partial charge in [0.25, 0.3) is 0 Å². The number of aliphatic carboxylic acids is 1. The van der Waals surface area contributed by atoms with Gasteiger partial charge in [-0.25, -0.2) is 14.4 Å². The molecule has 0 aromatic heterocycles. The van der Waals surface area contributed by atoms with Crippen molar-refractivity contribution in [2.75, 3.05) is 6.54 Å². The minimum absolute atomic E-state index is 0.158. The summed E-state index contributed by atoms with van der Waals surface area (Å²) in [7, 11) is 0. The van der Waals surface area contributed by atoms with Crippen LogP contribution in [0.15, 0.2) is 30.3 Å². The van der Waals surface area contributed by atoms with Crippen LogP contribution >= 0.6 is 11.6 Å². The molecule has 9 heteroatoms. The van der Waals surface area contributed by atoms with E-state index in [9.17, 15) is 19.5 Å². The first-order valence-corrected chi connectivity index (χ1v) is 9.25. The van der Waals surface area contributed by atoms with Gasteiger partial charge in [0.2, 0.25) is 5.00 Å².